The van der Waals surface area contributed by atoms with E-state index in [0.717, 1.165) is 42.6 Å². The van der Waals surface area contributed by atoms with Crippen LogP contribution in [0.25, 0.3) is 10.9 Å². The number of nitrogens with one attached hydrogen (secondary N) is 2. The van der Waals surface area contributed by atoms with E-state index in [-0.39, 0.29) is 47.6 Å². The summed E-state index contributed by atoms with van der Waals surface area (Å²) in [4.78, 5) is 37.5. The molecule has 4 bridgehead atoms. The van der Waals surface area contributed by atoms with Gasteiger partial charge in [-0.05, 0) is 130 Å². The zero-order valence-electron chi connectivity index (χ0n) is 29.8. The zero-order valence-corrected chi connectivity index (χ0v) is 29.8. The second-order valence-electron chi connectivity index (χ2n) is 17.5. The van der Waals surface area contributed by atoms with E-state index >= 15 is 4.79 Å². The van der Waals surface area contributed by atoms with Gasteiger partial charge in [-0.2, -0.15) is 13.2 Å². The van der Waals surface area contributed by atoms with Crippen LogP contribution in [0.3, 0.4) is 0 Å². The summed E-state index contributed by atoms with van der Waals surface area (Å²) in [6.45, 7) is 7.97. The van der Waals surface area contributed by atoms with Gasteiger partial charge in [0.2, 0.25) is 11.8 Å². The standard InChI is InChI=1S/C41H51F3N4O2/c1-25-35(31-7-5-6-8-33(31)45-25)36-32(38(36,2)3)20-34(49)48(24-26-9-11-30(12-10-26)41(42,43)44)40(13-15-47(4)16-14-40)37(50)46-39-21-27-17-28(22-39)19-29(18-27)23-39/h5-12,27-29,32,36,45H,13-24H2,1-4H3,(H,46,50)/t27?,28?,29?,32-,36-,39?/m1/s1. The van der Waals surface area contributed by atoms with Crippen LogP contribution in [0, 0.1) is 36.0 Å². The number of benzene rings is 2. The molecule has 0 radical (unpaired) electrons. The lowest BCUT2D eigenvalue weighted by Crippen LogP contribution is -2.69. The van der Waals surface area contributed by atoms with Crippen molar-refractivity contribution < 1.29 is 22.8 Å². The third-order valence-corrected chi connectivity index (χ3v) is 13.8. The van der Waals surface area contributed by atoms with Gasteiger partial charge in [-0.25, -0.2) is 0 Å². The predicted octanol–water partition coefficient (Wildman–Crippen LogP) is 8.20. The van der Waals surface area contributed by atoms with E-state index in [0.29, 0.717) is 49.2 Å². The lowest BCUT2D eigenvalue weighted by molar-refractivity contribution is -0.155. The Balaban J connectivity index is 1.13. The van der Waals surface area contributed by atoms with Crippen LogP contribution in [0.5, 0.6) is 0 Å². The molecule has 1 saturated heterocycles. The minimum Gasteiger partial charge on any atom is -0.358 e. The summed E-state index contributed by atoms with van der Waals surface area (Å²) < 4.78 is 40.6. The lowest BCUT2D eigenvalue weighted by atomic mass is 9.53. The summed E-state index contributed by atoms with van der Waals surface area (Å²) in [5, 5.41) is 4.82. The zero-order chi connectivity index (χ0) is 35.2. The monoisotopic (exact) mass is 688 g/mol. The summed E-state index contributed by atoms with van der Waals surface area (Å²) >= 11 is 0. The SMILES string of the molecule is Cc1[nH]c2ccccc2c1[C@H]1[C@@H](CC(=O)N(Cc2ccc(C(F)(F)F)cc2)C2(C(=O)NC34CC5CC(CC(C5)C3)C4)CCN(C)CC2)C1(C)C. The summed E-state index contributed by atoms with van der Waals surface area (Å²) in [5.74, 6) is 2.05. The van der Waals surface area contributed by atoms with Crippen molar-refractivity contribution in [3.63, 3.8) is 0 Å². The number of carbonyl (C=O) groups is 2. The first kappa shape index (κ1) is 33.8. The third-order valence-electron chi connectivity index (χ3n) is 13.8. The lowest BCUT2D eigenvalue weighted by Gasteiger charge is -2.58. The predicted molar refractivity (Wildman–Crippen MR) is 188 cm³/mol. The molecule has 6 nitrogen and oxygen atoms in total. The Morgan fingerprint density at radius 3 is 2.14 bits per heavy atom. The molecule has 1 aromatic heterocycles. The van der Waals surface area contributed by atoms with E-state index in [1.165, 1.54) is 42.3 Å². The van der Waals surface area contributed by atoms with Gasteiger partial charge in [0, 0.05) is 48.2 Å². The molecule has 3 aromatic rings. The van der Waals surface area contributed by atoms with Crippen LogP contribution in [0.2, 0.25) is 0 Å². The molecule has 2 N–H and O–H groups in total. The normalized spacial score (nSPS) is 31.1. The molecule has 1 aliphatic heterocycles. The van der Waals surface area contributed by atoms with Gasteiger partial charge in [0.05, 0.1) is 5.56 Å². The number of rotatable bonds is 8. The van der Waals surface area contributed by atoms with Crippen LogP contribution >= 0.6 is 0 Å². The summed E-state index contributed by atoms with van der Waals surface area (Å²) in [7, 11) is 2.05. The third kappa shape index (κ3) is 5.75. The van der Waals surface area contributed by atoms with Crippen molar-refractivity contribution in [1.82, 2.24) is 20.1 Å². The van der Waals surface area contributed by atoms with Crippen molar-refractivity contribution in [3.05, 3.63) is 70.9 Å². The topological polar surface area (TPSA) is 68.4 Å². The largest absolute Gasteiger partial charge is 0.416 e. The van der Waals surface area contributed by atoms with Crippen LogP contribution in [0.1, 0.15) is 99.9 Å². The first-order chi connectivity index (χ1) is 23.7. The van der Waals surface area contributed by atoms with E-state index in [2.05, 4.69) is 48.1 Å². The molecule has 2 aromatic carbocycles. The van der Waals surface area contributed by atoms with Gasteiger partial charge in [0.25, 0.3) is 0 Å². The molecule has 50 heavy (non-hydrogen) atoms. The highest BCUT2D eigenvalue weighted by molar-refractivity contribution is 5.93. The second kappa shape index (κ2) is 11.9. The van der Waals surface area contributed by atoms with Crippen molar-refractivity contribution >= 4 is 22.7 Å². The van der Waals surface area contributed by atoms with E-state index in [4.69, 9.17) is 0 Å². The Hall–Kier alpha value is -3.33. The fraction of sp³-hybridized carbons (Fsp3) is 0.610. The fourth-order valence-corrected chi connectivity index (χ4v) is 11.4. The number of alkyl halides is 3. The molecule has 9 heteroatoms. The summed E-state index contributed by atoms with van der Waals surface area (Å²) in [6.07, 6.45) is 3.63. The number of aromatic nitrogens is 1. The Bertz CT molecular complexity index is 1750. The number of carbonyl (C=O) groups excluding carboxylic acids is 2. The number of halogens is 3. The van der Waals surface area contributed by atoms with Crippen LogP contribution < -0.4 is 5.32 Å². The molecule has 2 heterocycles. The number of nitrogens with zero attached hydrogens (tertiary/aromatic N) is 2. The minimum atomic E-state index is -4.45. The molecule has 9 rings (SSSR count). The Labute approximate surface area is 293 Å². The maximum absolute atomic E-state index is 15.0. The number of fused-ring (bicyclic) bond motifs is 1. The number of para-hydroxylation sites is 1. The Kier molecular flexibility index (Phi) is 8.01. The van der Waals surface area contributed by atoms with Gasteiger partial charge >= 0.3 is 6.18 Å². The van der Waals surface area contributed by atoms with Gasteiger partial charge in [-0.3, -0.25) is 9.59 Å². The van der Waals surface area contributed by atoms with Gasteiger partial charge in [-0.15, -0.1) is 0 Å². The van der Waals surface area contributed by atoms with Crippen LogP contribution in [0.15, 0.2) is 48.5 Å². The smallest absolute Gasteiger partial charge is 0.358 e. The maximum atomic E-state index is 15.0. The molecule has 0 unspecified atom stereocenters. The molecule has 5 saturated carbocycles. The van der Waals surface area contributed by atoms with E-state index in [9.17, 15) is 18.0 Å². The van der Waals surface area contributed by atoms with Gasteiger partial charge in [0.15, 0.2) is 0 Å². The van der Waals surface area contributed by atoms with E-state index < -0.39 is 17.3 Å². The minimum absolute atomic E-state index is 0.0631. The fourth-order valence-electron chi connectivity index (χ4n) is 11.4. The van der Waals surface area contributed by atoms with Crippen molar-refractivity contribution in [2.75, 3.05) is 20.1 Å². The van der Waals surface area contributed by atoms with Crippen molar-refractivity contribution in [2.24, 2.45) is 29.1 Å². The highest BCUT2D eigenvalue weighted by Gasteiger charge is 2.61. The number of H-pyrrole nitrogens is 1. The average Bonchev–Trinajstić information content (AvgIpc) is 3.39. The van der Waals surface area contributed by atoms with Crippen LogP contribution in [0.4, 0.5) is 13.2 Å². The van der Waals surface area contributed by atoms with Gasteiger partial charge in [-0.1, -0.05) is 44.2 Å². The first-order valence-corrected chi connectivity index (χ1v) is 18.7. The maximum Gasteiger partial charge on any atom is 0.416 e. The van der Waals surface area contributed by atoms with E-state index in [1.54, 1.807) is 4.90 Å². The number of hydrogen-bond donors (Lipinski definition) is 2. The van der Waals surface area contributed by atoms with Crippen molar-refractivity contribution in [1.29, 1.82) is 0 Å². The van der Waals surface area contributed by atoms with Crippen molar-refractivity contribution in [2.45, 2.75) is 108 Å². The number of likely N-dealkylation sites (tertiary alicyclic amines) is 1. The summed E-state index contributed by atoms with van der Waals surface area (Å²) in [5.41, 5.74) is 1.91. The Morgan fingerprint density at radius 2 is 1.54 bits per heavy atom. The van der Waals surface area contributed by atoms with Crippen molar-refractivity contribution in [3.8, 4) is 0 Å². The quantitative estimate of drug-likeness (QED) is 0.251. The highest BCUT2D eigenvalue weighted by Crippen LogP contribution is 2.67. The highest BCUT2D eigenvalue weighted by atomic mass is 19.4. The number of hydrogen-bond acceptors (Lipinski definition) is 3. The molecule has 5 aliphatic carbocycles. The second-order valence-corrected chi connectivity index (χ2v) is 17.5. The molecule has 2 amide bonds. The molecule has 6 fully saturated rings. The Morgan fingerprint density at radius 1 is 0.940 bits per heavy atom. The number of piperidine rings is 1. The summed E-state index contributed by atoms with van der Waals surface area (Å²) in [6, 6.07) is 13.4. The van der Waals surface area contributed by atoms with Crippen LogP contribution in [-0.4, -0.2) is 57.8 Å². The molecule has 0 spiro atoms. The number of amides is 2. The molecular formula is C41H51F3N4O2. The molecule has 2 atom stereocenters. The molecule has 268 valence electrons. The average molecular weight is 689 g/mol. The van der Waals surface area contributed by atoms with Crippen LogP contribution in [-0.2, 0) is 22.3 Å². The number of aryl methyl sites for hydroxylation is 1. The van der Waals surface area contributed by atoms with Gasteiger partial charge in [0.1, 0.15) is 5.54 Å². The van der Waals surface area contributed by atoms with E-state index in [1.807, 2.05) is 19.2 Å². The number of aromatic amines is 1. The van der Waals surface area contributed by atoms with Gasteiger partial charge < -0.3 is 20.1 Å². The molecular weight excluding hydrogens is 637 g/mol. The molecule has 6 aliphatic rings. The first-order valence-electron chi connectivity index (χ1n) is 18.7.